The molecule has 0 spiro atoms. The minimum atomic E-state index is -0.856. The van der Waals surface area contributed by atoms with E-state index in [1.807, 2.05) is 13.0 Å². The number of nitrogens with zero attached hydrogens (tertiary/aromatic N) is 2. The minimum Gasteiger partial charge on any atom is -0.465 e. The second kappa shape index (κ2) is 4.35. The monoisotopic (exact) mass is 281 g/mol. The lowest BCUT2D eigenvalue weighted by Crippen LogP contribution is -2.70. The first-order chi connectivity index (χ1) is 9.03. The Labute approximate surface area is 116 Å². The minimum absolute atomic E-state index is 0.279. The SMILES string of the molecule is Cc1cc([C@]23CN(C(=O)O)CC[C@@H]2CN3)cnc1Cl. The Balaban J connectivity index is 1.95. The molecule has 2 aliphatic rings. The fourth-order valence-corrected chi connectivity index (χ4v) is 3.22. The van der Waals surface area contributed by atoms with Gasteiger partial charge in [-0.05, 0) is 36.5 Å². The summed E-state index contributed by atoms with van der Waals surface area (Å²) < 4.78 is 0. The predicted octanol–water partition coefficient (Wildman–Crippen LogP) is 1.84. The summed E-state index contributed by atoms with van der Waals surface area (Å²) in [6, 6.07) is 2.01. The molecule has 2 N–H and O–H groups in total. The van der Waals surface area contributed by atoms with Crippen LogP contribution < -0.4 is 5.32 Å². The molecule has 102 valence electrons. The first-order valence-electron chi connectivity index (χ1n) is 6.38. The van der Waals surface area contributed by atoms with E-state index in [1.165, 1.54) is 4.90 Å². The van der Waals surface area contributed by atoms with E-state index in [-0.39, 0.29) is 5.54 Å². The van der Waals surface area contributed by atoms with Gasteiger partial charge < -0.3 is 15.3 Å². The molecule has 0 aliphatic carbocycles. The molecule has 3 rings (SSSR count). The van der Waals surface area contributed by atoms with Gasteiger partial charge in [0, 0.05) is 25.8 Å². The Bertz CT molecular complexity index is 537. The van der Waals surface area contributed by atoms with Gasteiger partial charge in [-0.3, -0.25) is 0 Å². The van der Waals surface area contributed by atoms with Crippen LogP contribution >= 0.6 is 11.6 Å². The molecule has 1 aromatic heterocycles. The van der Waals surface area contributed by atoms with Gasteiger partial charge in [0.2, 0.25) is 0 Å². The molecule has 0 bridgehead atoms. The quantitative estimate of drug-likeness (QED) is 0.771. The number of hydrogen-bond donors (Lipinski definition) is 2. The van der Waals surface area contributed by atoms with E-state index in [0.29, 0.717) is 24.2 Å². The van der Waals surface area contributed by atoms with Crippen molar-refractivity contribution < 1.29 is 9.90 Å². The molecule has 2 fully saturated rings. The van der Waals surface area contributed by atoms with Crippen LogP contribution in [0, 0.1) is 12.8 Å². The largest absolute Gasteiger partial charge is 0.465 e. The summed E-state index contributed by atoms with van der Waals surface area (Å²) in [6.45, 7) is 3.95. The highest BCUT2D eigenvalue weighted by Gasteiger charge is 2.52. The Morgan fingerprint density at radius 3 is 3.05 bits per heavy atom. The summed E-state index contributed by atoms with van der Waals surface area (Å²) in [4.78, 5) is 16.9. The van der Waals surface area contributed by atoms with Crippen LogP contribution in [0.2, 0.25) is 5.15 Å². The normalized spacial score (nSPS) is 29.6. The van der Waals surface area contributed by atoms with Crippen molar-refractivity contribution in [2.24, 2.45) is 5.92 Å². The van der Waals surface area contributed by atoms with E-state index in [4.69, 9.17) is 11.6 Å². The third kappa shape index (κ3) is 1.88. The number of carboxylic acid groups (broad SMARTS) is 1. The molecule has 3 heterocycles. The van der Waals surface area contributed by atoms with E-state index in [0.717, 1.165) is 24.1 Å². The molecule has 1 amide bonds. The number of piperidine rings is 1. The number of likely N-dealkylation sites (tertiary alicyclic amines) is 1. The third-order valence-corrected chi connectivity index (χ3v) is 4.74. The molecule has 0 unspecified atom stereocenters. The van der Waals surface area contributed by atoms with Crippen molar-refractivity contribution >= 4 is 17.7 Å². The second-order valence-electron chi connectivity index (χ2n) is 5.37. The standard InChI is InChI=1S/C13H16ClN3O2/c1-8-4-10(5-15-11(8)14)13-7-17(12(18)19)3-2-9(13)6-16-13/h4-5,9,16H,2-3,6-7H2,1H3,(H,18,19)/t9-,13+/m1/s1. The first kappa shape index (κ1) is 12.7. The molecule has 5 nitrogen and oxygen atoms in total. The molecule has 19 heavy (non-hydrogen) atoms. The van der Waals surface area contributed by atoms with Crippen LogP contribution in [-0.2, 0) is 5.54 Å². The molecule has 0 saturated carbocycles. The number of amides is 1. The molecule has 2 atom stereocenters. The smallest absolute Gasteiger partial charge is 0.407 e. The van der Waals surface area contributed by atoms with Gasteiger partial charge in [-0.2, -0.15) is 0 Å². The van der Waals surface area contributed by atoms with Gasteiger partial charge in [-0.25, -0.2) is 9.78 Å². The lowest BCUT2D eigenvalue weighted by atomic mass is 9.68. The zero-order chi connectivity index (χ0) is 13.6. The molecule has 0 radical (unpaired) electrons. The number of rotatable bonds is 1. The number of hydrogen-bond acceptors (Lipinski definition) is 3. The Morgan fingerprint density at radius 1 is 1.68 bits per heavy atom. The van der Waals surface area contributed by atoms with Crippen molar-refractivity contribution in [3.63, 3.8) is 0 Å². The molecule has 6 heteroatoms. The molecular weight excluding hydrogens is 266 g/mol. The number of aromatic nitrogens is 1. The molecule has 0 aromatic carbocycles. The van der Waals surface area contributed by atoms with E-state index in [9.17, 15) is 9.90 Å². The average Bonchev–Trinajstić information content (AvgIpc) is 2.34. The number of nitrogens with one attached hydrogen (secondary N) is 1. The van der Waals surface area contributed by atoms with E-state index < -0.39 is 6.09 Å². The van der Waals surface area contributed by atoms with Gasteiger partial charge in [0.15, 0.2) is 0 Å². The lowest BCUT2D eigenvalue weighted by Gasteiger charge is -2.56. The summed E-state index contributed by atoms with van der Waals surface area (Å²) in [5.41, 5.74) is 1.68. The number of pyridine rings is 1. The third-order valence-electron chi connectivity index (χ3n) is 4.35. The van der Waals surface area contributed by atoms with Crippen molar-refractivity contribution in [2.45, 2.75) is 18.9 Å². The fraction of sp³-hybridized carbons (Fsp3) is 0.538. The molecule has 1 aromatic rings. The summed E-state index contributed by atoms with van der Waals surface area (Å²) in [6.07, 6.45) is 1.80. The maximum absolute atomic E-state index is 11.2. The fourth-order valence-electron chi connectivity index (χ4n) is 3.11. The topological polar surface area (TPSA) is 65.5 Å². The van der Waals surface area contributed by atoms with Gasteiger partial charge in [-0.15, -0.1) is 0 Å². The van der Waals surface area contributed by atoms with Gasteiger partial charge >= 0.3 is 6.09 Å². The average molecular weight is 282 g/mol. The molecule has 2 saturated heterocycles. The summed E-state index contributed by atoms with van der Waals surface area (Å²) >= 11 is 5.96. The lowest BCUT2D eigenvalue weighted by molar-refractivity contribution is 0.00198. The Hall–Kier alpha value is -1.33. The highest BCUT2D eigenvalue weighted by molar-refractivity contribution is 6.30. The van der Waals surface area contributed by atoms with Crippen molar-refractivity contribution in [3.05, 3.63) is 28.5 Å². The van der Waals surface area contributed by atoms with Crippen LogP contribution in [-0.4, -0.2) is 40.7 Å². The van der Waals surface area contributed by atoms with E-state index in [2.05, 4.69) is 10.3 Å². The molecule has 2 aliphatic heterocycles. The van der Waals surface area contributed by atoms with Gasteiger partial charge in [-0.1, -0.05) is 11.6 Å². The maximum Gasteiger partial charge on any atom is 0.407 e. The number of carbonyl (C=O) groups is 1. The van der Waals surface area contributed by atoms with Crippen molar-refractivity contribution in [2.75, 3.05) is 19.6 Å². The van der Waals surface area contributed by atoms with Crippen LogP contribution in [0.5, 0.6) is 0 Å². The highest BCUT2D eigenvalue weighted by atomic mass is 35.5. The first-order valence-corrected chi connectivity index (χ1v) is 6.76. The Kier molecular flexibility index (Phi) is 2.91. The zero-order valence-corrected chi connectivity index (χ0v) is 11.4. The van der Waals surface area contributed by atoms with Gasteiger partial charge in [0.1, 0.15) is 5.15 Å². The van der Waals surface area contributed by atoms with Gasteiger partial charge in [0.05, 0.1) is 5.54 Å². The van der Waals surface area contributed by atoms with E-state index in [1.54, 1.807) is 6.20 Å². The van der Waals surface area contributed by atoms with Crippen molar-refractivity contribution in [1.82, 2.24) is 15.2 Å². The number of aryl methyl sites for hydroxylation is 1. The summed E-state index contributed by atoms with van der Waals surface area (Å²) in [5, 5.41) is 13.1. The van der Waals surface area contributed by atoms with Crippen LogP contribution in [0.3, 0.4) is 0 Å². The van der Waals surface area contributed by atoms with Crippen molar-refractivity contribution in [3.8, 4) is 0 Å². The van der Waals surface area contributed by atoms with E-state index >= 15 is 0 Å². The summed E-state index contributed by atoms with van der Waals surface area (Å²) in [7, 11) is 0. The Morgan fingerprint density at radius 2 is 2.47 bits per heavy atom. The maximum atomic E-state index is 11.2. The summed E-state index contributed by atoms with van der Waals surface area (Å²) in [5.74, 6) is 0.477. The van der Waals surface area contributed by atoms with Crippen LogP contribution in [0.1, 0.15) is 17.5 Å². The van der Waals surface area contributed by atoms with Crippen LogP contribution in [0.15, 0.2) is 12.3 Å². The van der Waals surface area contributed by atoms with Crippen LogP contribution in [0.4, 0.5) is 4.79 Å². The van der Waals surface area contributed by atoms with Crippen LogP contribution in [0.25, 0.3) is 0 Å². The molecular formula is C13H16ClN3O2. The second-order valence-corrected chi connectivity index (χ2v) is 5.73. The van der Waals surface area contributed by atoms with Crippen molar-refractivity contribution in [1.29, 1.82) is 0 Å². The zero-order valence-electron chi connectivity index (χ0n) is 10.7. The highest BCUT2D eigenvalue weighted by Crippen LogP contribution is 2.42. The number of halogens is 1. The number of fused-ring (bicyclic) bond motifs is 1. The van der Waals surface area contributed by atoms with Gasteiger partial charge in [0.25, 0.3) is 0 Å². The predicted molar refractivity (Wildman–Crippen MR) is 71.4 cm³/mol.